The number of carbonyl (C=O) groups is 1. The first-order valence-corrected chi connectivity index (χ1v) is 5.64. The van der Waals surface area contributed by atoms with Gasteiger partial charge in [0.15, 0.2) is 3.95 Å². The molecule has 0 fully saturated rings. The molecule has 2 N–H and O–H groups in total. The van der Waals surface area contributed by atoms with E-state index in [1.165, 1.54) is 11.3 Å². The Kier molecular flexibility index (Phi) is 4.75. The van der Waals surface area contributed by atoms with Gasteiger partial charge in [-0.25, -0.2) is 0 Å². The summed E-state index contributed by atoms with van der Waals surface area (Å²) in [5, 5.41) is 9.58. The average molecular weight is 230 g/mol. The number of carbonyl (C=O) groups excluding carboxylic acids is 1. The molecule has 0 saturated heterocycles. The van der Waals surface area contributed by atoms with Crippen LogP contribution < -0.4 is 5.32 Å². The van der Waals surface area contributed by atoms with Crippen LogP contribution in [0.25, 0.3) is 0 Å². The molecule has 0 unspecified atom stereocenters. The Morgan fingerprint density at radius 2 is 2.57 bits per heavy atom. The van der Waals surface area contributed by atoms with Crippen molar-refractivity contribution in [3.63, 3.8) is 0 Å². The van der Waals surface area contributed by atoms with E-state index in [-0.39, 0.29) is 5.91 Å². The summed E-state index contributed by atoms with van der Waals surface area (Å²) in [5.74, 6) is -0.115. The lowest BCUT2D eigenvalue weighted by molar-refractivity contribution is -0.113. The van der Waals surface area contributed by atoms with Gasteiger partial charge in [0.2, 0.25) is 11.0 Å². The molecular formula is C8H12N3OS2. The number of aromatic nitrogens is 2. The zero-order valence-electron chi connectivity index (χ0n) is 7.87. The Hall–Kier alpha value is -0.750. The number of nitrogens with one attached hydrogen (secondary N) is 2. The maximum Gasteiger partial charge on any atom is 0.230 e. The van der Waals surface area contributed by atoms with Crippen LogP contribution in [0.2, 0.25) is 0 Å². The maximum absolute atomic E-state index is 11.2. The van der Waals surface area contributed by atoms with Crippen molar-refractivity contribution in [2.75, 3.05) is 5.32 Å². The average Bonchev–Trinajstić information content (AvgIpc) is 2.52. The summed E-state index contributed by atoms with van der Waals surface area (Å²) in [6.07, 6.45) is 4.56. The Morgan fingerprint density at radius 3 is 3.14 bits per heavy atom. The van der Waals surface area contributed by atoms with Gasteiger partial charge in [0.1, 0.15) is 0 Å². The molecule has 1 radical (unpaired) electrons. The number of rotatable bonds is 5. The molecule has 0 aliphatic heterocycles. The standard InChI is InChI=1S/C8H12N3OS2/c1-2-3-4-5-6(12)9-7-10-11-8(13)14-7/h5H,2-4H2,1H3,(H,11,13)(H,9,10,12). The second-order valence-corrected chi connectivity index (χ2v) is 4.42. The van der Waals surface area contributed by atoms with Crippen LogP contribution in [0.3, 0.4) is 0 Å². The highest BCUT2D eigenvalue weighted by Crippen LogP contribution is 2.11. The summed E-state index contributed by atoms with van der Waals surface area (Å²) in [6.45, 7) is 2.09. The van der Waals surface area contributed by atoms with Gasteiger partial charge in [-0.3, -0.25) is 9.89 Å². The lowest BCUT2D eigenvalue weighted by atomic mass is 10.2. The van der Waals surface area contributed by atoms with Crippen LogP contribution in [-0.2, 0) is 4.79 Å². The molecule has 0 atom stereocenters. The number of aromatic amines is 1. The molecule has 0 spiro atoms. The summed E-state index contributed by atoms with van der Waals surface area (Å²) in [6, 6.07) is 0. The number of nitrogens with zero attached hydrogens (tertiary/aromatic N) is 1. The third kappa shape index (κ3) is 3.97. The van der Waals surface area contributed by atoms with Gasteiger partial charge >= 0.3 is 0 Å². The van der Waals surface area contributed by atoms with Crippen LogP contribution in [0.5, 0.6) is 0 Å². The molecule has 0 aliphatic rings. The monoisotopic (exact) mass is 230 g/mol. The highest BCUT2D eigenvalue weighted by molar-refractivity contribution is 7.73. The van der Waals surface area contributed by atoms with E-state index in [0.717, 1.165) is 19.3 Å². The van der Waals surface area contributed by atoms with Crippen LogP contribution in [0.4, 0.5) is 5.13 Å². The van der Waals surface area contributed by atoms with Crippen molar-refractivity contribution in [1.29, 1.82) is 0 Å². The van der Waals surface area contributed by atoms with E-state index in [1.54, 1.807) is 6.42 Å². The van der Waals surface area contributed by atoms with E-state index < -0.39 is 0 Å². The molecule has 0 aliphatic carbocycles. The molecule has 14 heavy (non-hydrogen) atoms. The fourth-order valence-corrected chi connectivity index (χ4v) is 1.67. The quantitative estimate of drug-likeness (QED) is 0.603. The Bertz CT molecular complexity index is 344. The van der Waals surface area contributed by atoms with E-state index in [4.69, 9.17) is 12.2 Å². The molecule has 0 bridgehead atoms. The van der Waals surface area contributed by atoms with Crippen molar-refractivity contribution in [3.05, 3.63) is 10.4 Å². The molecule has 1 aromatic heterocycles. The van der Waals surface area contributed by atoms with Gasteiger partial charge in [-0.1, -0.05) is 31.1 Å². The molecular weight excluding hydrogens is 218 g/mol. The molecule has 1 heterocycles. The molecule has 0 saturated carbocycles. The van der Waals surface area contributed by atoms with Gasteiger partial charge in [0.05, 0.1) is 0 Å². The van der Waals surface area contributed by atoms with Crippen LogP contribution in [0.1, 0.15) is 26.2 Å². The van der Waals surface area contributed by atoms with Crippen LogP contribution >= 0.6 is 23.6 Å². The first-order valence-electron chi connectivity index (χ1n) is 4.42. The highest BCUT2D eigenvalue weighted by Gasteiger charge is 2.04. The second kappa shape index (κ2) is 5.87. The predicted octanol–water partition coefficient (Wildman–Crippen LogP) is 2.53. The lowest BCUT2D eigenvalue weighted by Gasteiger charge is -1.98. The van der Waals surface area contributed by atoms with Gasteiger partial charge in [-0.15, -0.1) is 5.10 Å². The normalized spacial score (nSPS) is 10.1. The number of H-pyrrole nitrogens is 1. The zero-order valence-corrected chi connectivity index (χ0v) is 9.50. The smallest absolute Gasteiger partial charge is 0.230 e. The minimum atomic E-state index is -0.115. The predicted molar refractivity (Wildman–Crippen MR) is 59.8 cm³/mol. The van der Waals surface area contributed by atoms with Crippen molar-refractivity contribution in [2.24, 2.45) is 0 Å². The molecule has 0 aromatic carbocycles. The van der Waals surface area contributed by atoms with Gasteiger partial charge in [0.25, 0.3) is 0 Å². The SMILES string of the molecule is CCCC[CH]C(=O)Nc1n[nH]c(=S)s1. The van der Waals surface area contributed by atoms with E-state index in [1.807, 2.05) is 0 Å². The molecule has 77 valence electrons. The number of hydrogen-bond donors (Lipinski definition) is 2. The zero-order chi connectivity index (χ0) is 10.4. The van der Waals surface area contributed by atoms with Crippen molar-refractivity contribution in [1.82, 2.24) is 10.2 Å². The van der Waals surface area contributed by atoms with Crippen LogP contribution in [0.15, 0.2) is 0 Å². The van der Waals surface area contributed by atoms with E-state index in [2.05, 4.69) is 22.4 Å². The van der Waals surface area contributed by atoms with Gasteiger partial charge in [-0.2, -0.15) is 0 Å². The fourth-order valence-electron chi connectivity index (χ4n) is 0.877. The second-order valence-electron chi connectivity index (χ2n) is 2.75. The Labute approximate surface area is 91.7 Å². The number of amides is 1. The molecule has 6 heteroatoms. The third-order valence-corrected chi connectivity index (χ3v) is 2.56. The van der Waals surface area contributed by atoms with Crippen molar-refractivity contribution in [2.45, 2.75) is 26.2 Å². The maximum atomic E-state index is 11.2. The summed E-state index contributed by atoms with van der Waals surface area (Å²) in [7, 11) is 0. The number of anilines is 1. The van der Waals surface area contributed by atoms with Crippen molar-refractivity contribution < 1.29 is 4.79 Å². The molecule has 4 nitrogen and oxygen atoms in total. The van der Waals surface area contributed by atoms with Gasteiger partial charge in [-0.05, 0) is 18.6 Å². The highest BCUT2D eigenvalue weighted by atomic mass is 32.1. The summed E-state index contributed by atoms with van der Waals surface area (Å²) in [5.41, 5.74) is 0. The molecule has 1 rings (SSSR count). The fraction of sp³-hybridized carbons (Fsp3) is 0.500. The number of hydrogen-bond acceptors (Lipinski definition) is 4. The minimum absolute atomic E-state index is 0.115. The van der Waals surface area contributed by atoms with Crippen molar-refractivity contribution in [3.8, 4) is 0 Å². The first-order chi connectivity index (χ1) is 6.72. The first kappa shape index (κ1) is 11.3. The van der Waals surface area contributed by atoms with Gasteiger partial charge < -0.3 is 5.32 Å². The van der Waals surface area contributed by atoms with Crippen molar-refractivity contribution >= 4 is 34.6 Å². The van der Waals surface area contributed by atoms with E-state index in [9.17, 15) is 4.79 Å². The van der Waals surface area contributed by atoms with E-state index >= 15 is 0 Å². The van der Waals surface area contributed by atoms with Crippen LogP contribution in [0, 0.1) is 10.4 Å². The topological polar surface area (TPSA) is 57.8 Å². The summed E-state index contributed by atoms with van der Waals surface area (Å²) >= 11 is 6.08. The summed E-state index contributed by atoms with van der Waals surface area (Å²) < 4.78 is 0.564. The van der Waals surface area contributed by atoms with Gasteiger partial charge in [0, 0.05) is 6.42 Å². The minimum Gasteiger partial charge on any atom is -0.300 e. The Morgan fingerprint density at radius 1 is 1.79 bits per heavy atom. The van der Waals surface area contributed by atoms with E-state index in [0.29, 0.717) is 9.09 Å². The van der Waals surface area contributed by atoms with Crippen LogP contribution in [-0.4, -0.2) is 16.1 Å². The number of unbranched alkanes of at least 4 members (excludes halogenated alkanes) is 2. The Balaban J connectivity index is 2.30. The molecule has 1 aromatic rings. The summed E-state index contributed by atoms with van der Waals surface area (Å²) in [4.78, 5) is 11.2. The largest absolute Gasteiger partial charge is 0.300 e. The third-order valence-electron chi connectivity index (χ3n) is 1.56. The lowest BCUT2D eigenvalue weighted by Crippen LogP contribution is -2.11. The molecule has 1 amide bonds.